The summed E-state index contributed by atoms with van der Waals surface area (Å²) in [4.78, 5) is 26.0. The van der Waals surface area contributed by atoms with Gasteiger partial charge < -0.3 is 14.8 Å². The van der Waals surface area contributed by atoms with Crippen LogP contribution in [0.15, 0.2) is 5.38 Å². The highest BCUT2D eigenvalue weighted by atomic mass is 32.1. The van der Waals surface area contributed by atoms with Crippen LogP contribution in [0.3, 0.4) is 0 Å². The third kappa shape index (κ3) is 3.32. The summed E-state index contributed by atoms with van der Waals surface area (Å²) in [7, 11) is 0. The largest absolute Gasteiger partial charge is 0.464 e. The third-order valence-electron chi connectivity index (χ3n) is 1.57. The van der Waals surface area contributed by atoms with E-state index in [2.05, 4.69) is 10.3 Å². The van der Waals surface area contributed by atoms with Gasteiger partial charge in [-0.1, -0.05) is 0 Å². The van der Waals surface area contributed by atoms with Crippen molar-refractivity contribution in [2.75, 3.05) is 11.9 Å². The molecule has 1 unspecified atom stereocenters. The molecule has 0 aromatic carbocycles. The van der Waals surface area contributed by atoms with E-state index >= 15 is 0 Å². The first-order valence-electron chi connectivity index (χ1n) is 4.48. The van der Waals surface area contributed by atoms with Crippen LogP contribution in [0.4, 0.5) is 5.13 Å². The average molecular weight is 228 g/mol. The number of aromatic nitrogens is 1. The summed E-state index contributed by atoms with van der Waals surface area (Å²) in [5.41, 5.74) is 0.844. The molecule has 0 bridgehead atoms. The first-order chi connectivity index (χ1) is 7.17. The number of anilines is 1. The minimum Gasteiger partial charge on any atom is -0.464 e. The van der Waals surface area contributed by atoms with Crippen molar-refractivity contribution in [3.63, 3.8) is 0 Å². The van der Waals surface area contributed by atoms with E-state index in [1.165, 1.54) is 11.3 Å². The van der Waals surface area contributed by atoms with Gasteiger partial charge >= 0.3 is 5.97 Å². The lowest BCUT2D eigenvalue weighted by molar-refractivity contribution is -0.144. The smallest absolute Gasteiger partial charge is 0.336 e. The van der Waals surface area contributed by atoms with Gasteiger partial charge in [0, 0.05) is 5.38 Å². The first kappa shape index (κ1) is 11.6. The molecule has 1 aromatic heterocycles. The number of aryl methyl sites for hydroxylation is 1. The van der Waals surface area contributed by atoms with E-state index in [0.717, 1.165) is 5.69 Å². The van der Waals surface area contributed by atoms with Crippen LogP contribution in [0.1, 0.15) is 12.6 Å². The van der Waals surface area contributed by atoms with Crippen LogP contribution in [0.2, 0.25) is 0 Å². The molecule has 15 heavy (non-hydrogen) atoms. The number of nitrogens with one attached hydrogen (secondary N) is 1. The number of ether oxygens (including phenoxy) is 1. The molecule has 0 fully saturated rings. The first-order valence-corrected chi connectivity index (χ1v) is 5.36. The lowest BCUT2D eigenvalue weighted by Gasteiger charge is -2.09. The second-order valence-corrected chi connectivity index (χ2v) is 3.66. The van der Waals surface area contributed by atoms with Crippen molar-refractivity contribution >= 4 is 28.7 Å². The molecule has 0 aliphatic rings. The van der Waals surface area contributed by atoms with Crippen molar-refractivity contribution in [2.24, 2.45) is 0 Å². The number of hydrogen-bond donors (Lipinski definition) is 1. The Morgan fingerprint density at radius 1 is 1.80 bits per heavy atom. The van der Waals surface area contributed by atoms with Gasteiger partial charge in [-0.15, -0.1) is 11.3 Å². The Bertz CT molecular complexity index is 351. The lowest BCUT2D eigenvalue weighted by Crippen LogP contribution is -2.32. The molecule has 82 valence electrons. The Morgan fingerprint density at radius 3 is 3.00 bits per heavy atom. The monoisotopic (exact) mass is 228 g/mol. The van der Waals surface area contributed by atoms with Gasteiger partial charge in [0.2, 0.25) is 0 Å². The molecule has 0 spiro atoms. The van der Waals surface area contributed by atoms with Crippen LogP contribution in [0.5, 0.6) is 0 Å². The highest BCUT2D eigenvalue weighted by Crippen LogP contribution is 2.15. The van der Waals surface area contributed by atoms with Crippen LogP contribution in [0.25, 0.3) is 0 Å². The minimum absolute atomic E-state index is 0.252. The number of thiazole rings is 1. The number of hydrogen-bond acceptors (Lipinski definition) is 6. The molecule has 6 heteroatoms. The molecule has 1 rings (SSSR count). The molecule has 5 nitrogen and oxygen atoms in total. The maximum absolute atomic E-state index is 11.2. The summed E-state index contributed by atoms with van der Waals surface area (Å²) in [5.74, 6) is -0.583. The molecular weight excluding hydrogens is 216 g/mol. The van der Waals surface area contributed by atoms with E-state index in [0.29, 0.717) is 11.4 Å². The molecule has 0 saturated carbocycles. The van der Waals surface area contributed by atoms with E-state index in [1.54, 1.807) is 6.92 Å². The molecule has 0 radical (unpaired) electrons. The highest BCUT2D eigenvalue weighted by molar-refractivity contribution is 7.13. The van der Waals surface area contributed by atoms with E-state index in [1.807, 2.05) is 12.3 Å². The summed E-state index contributed by atoms with van der Waals surface area (Å²) in [6, 6.07) is -0.976. The van der Waals surface area contributed by atoms with Gasteiger partial charge in [0.1, 0.15) is 0 Å². The fourth-order valence-corrected chi connectivity index (χ4v) is 1.66. The minimum atomic E-state index is -0.976. The molecule has 0 saturated heterocycles. The van der Waals surface area contributed by atoms with Gasteiger partial charge in [-0.3, -0.25) is 0 Å². The SMILES string of the molecule is CCOC(=O)C(C=O)Nc1nc(C)cs1. The van der Waals surface area contributed by atoms with Crippen LogP contribution in [0, 0.1) is 6.92 Å². The summed E-state index contributed by atoms with van der Waals surface area (Å²) < 4.78 is 4.72. The molecule has 1 aromatic rings. The Kier molecular flexibility index (Phi) is 4.23. The summed E-state index contributed by atoms with van der Waals surface area (Å²) in [6.07, 6.45) is 0.509. The van der Waals surface area contributed by atoms with E-state index < -0.39 is 12.0 Å². The van der Waals surface area contributed by atoms with Crippen molar-refractivity contribution in [1.82, 2.24) is 4.98 Å². The molecule has 0 aliphatic carbocycles. The fourth-order valence-electron chi connectivity index (χ4n) is 0.934. The number of esters is 1. The van der Waals surface area contributed by atoms with Gasteiger partial charge in [0.25, 0.3) is 0 Å². The van der Waals surface area contributed by atoms with Crippen LogP contribution in [-0.2, 0) is 14.3 Å². The Hall–Kier alpha value is -1.43. The van der Waals surface area contributed by atoms with Crippen molar-refractivity contribution < 1.29 is 14.3 Å². The Morgan fingerprint density at radius 2 is 2.53 bits per heavy atom. The molecule has 0 amide bonds. The summed E-state index contributed by atoms with van der Waals surface area (Å²) >= 11 is 1.34. The predicted molar refractivity (Wildman–Crippen MR) is 57.0 cm³/mol. The number of aldehydes is 1. The second kappa shape index (κ2) is 5.45. The molecule has 1 atom stereocenters. The third-order valence-corrected chi connectivity index (χ3v) is 2.47. The normalized spacial score (nSPS) is 11.9. The topological polar surface area (TPSA) is 68.3 Å². The zero-order valence-electron chi connectivity index (χ0n) is 8.52. The lowest BCUT2D eigenvalue weighted by atomic mass is 10.3. The van der Waals surface area contributed by atoms with Crippen molar-refractivity contribution in [1.29, 1.82) is 0 Å². The standard InChI is InChI=1S/C9H12N2O3S/c1-3-14-8(13)7(4-12)11-9-10-6(2)5-15-9/h4-5,7H,3H2,1-2H3,(H,10,11). The van der Waals surface area contributed by atoms with Crippen molar-refractivity contribution in [3.8, 4) is 0 Å². The zero-order chi connectivity index (χ0) is 11.3. The number of nitrogens with zero attached hydrogens (tertiary/aromatic N) is 1. The molecule has 0 aliphatic heterocycles. The van der Waals surface area contributed by atoms with E-state index in [-0.39, 0.29) is 6.61 Å². The molecule has 1 heterocycles. The van der Waals surface area contributed by atoms with E-state index in [9.17, 15) is 9.59 Å². The quantitative estimate of drug-likeness (QED) is 0.462. The Balaban J connectivity index is 2.61. The van der Waals surface area contributed by atoms with Crippen molar-refractivity contribution in [3.05, 3.63) is 11.1 Å². The summed E-state index contributed by atoms with van der Waals surface area (Å²) in [5, 5.41) is 5.07. The average Bonchev–Trinajstić information content (AvgIpc) is 2.61. The number of rotatable bonds is 5. The van der Waals surface area contributed by atoms with Crippen molar-refractivity contribution in [2.45, 2.75) is 19.9 Å². The molecular formula is C9H12N2O3S. The Labute approximate surface area is 91.5 Å². The molecule has 1 N–H and O–H groups in total. The van der Waals surface area contributed by atoms with Gasteiger partial charge in [-0.05, 0) is 13.8 Å². The zero-order valence-corrected chi connectivity index (χ0v) is 9.34. The fraction of sp³-hybridized carbons (Fsp3) is 0.444. The van der Waals surface area contributed by atoms with Gasteiger partial charge in [0.05, 0.1) is 12.3 Å². The van der Waals surface area contributed by atoms with Gasteiger partial charge in [-0.25, -0.2) is 9.78 Å². The highest BCUT2D eigenvalue weighted by Gasteiger charge is 2.19. The maximum Gasteiger partial charge on any atom is 0.336 e. The predicted octanol–water partition coefficient (Wildman–Crippen LogP) is 0.994. The number of carbonyl (C=O) groups excluding carboxylic acids is 2. The maximum atomic E-state index is 11.2. The summed E-state index contributed by atoms with van der Waals surface area (Å²) in [6.45, 7) is 3.77. The van der Waals surface area contributed by atoms with Crippen LogP contribution >= 0.6 is 11.3 Å². The van der Waals surface area contributed by atoms with Gasteiger partial charge in [-0.2, -0.15) is 0 Å². The van der Waals surface area contributed by atoms with Crippen LogP contribution < -0.4 is 5.32 Å². The number of carbonyl (C=O) groups is 2. The van der Waals surface area contributed by atoms with Crippen LogP contribution in [-0.4, -0.2) is 29.9 Å². The second-order valence-electron chi connectivity index (χ2n) is 2.80. The van der Waals surface area contributed by atoms with Gasteiger partial charge in [0.15, 0.2) is 17.5 Å². The van der Waals surface area contributed by atoms with E-state index in [4.69, 9.17) is 4.74 Å².